The van der Waals surface area contributed by atoms with Crippen LogP contribution in [-0.4, -0.2) is 13.0 Å². The van der Waals surface area contributed by atoms with Crippen LogP contribution in [0.4, 0.5) is 5.69 Å². The minimum Gasteiger partial charge on any atom is -0.716 e. The van der Waals surface area contributed by atoms with Crippen molar-refractivity contribution < 1.29 is 17.2 Å². The second kappa shape index (κ2) is 3.38. The summed E-state index contributed by atoms with van der Waals surface area (Å²) < 4.78 is 34.3. The van der Waals surface area contributed by atoms with E-state index in [1.807, 2.05) is 0 Å². The first-order valence-electron chi connectivity index (χ1n) is 3.12. The molecule has 0 atom stereocenters. The summed E-state index contributed by atoms with van der Waals surface area (Å²) in [6, 6.07) is 4.98. The molecule has 13 heavy (non-hydrogen) atoms. The van der Waals surface area contributed by atoms with E-state index in [4.69, 9.17) is 5.39 Å². The van der Waals surface area contributed by atoms with Gasteiger partial charge in [-0.1, -0.05) is 0 Å². The lowest BCUT2D eigenvalue weighted by molar-refractivity contribution is 0.372. The molecule has 0 bridgehead atoms. The van der Waals surface area contributed by atoms with Crippen LogP contribution in [0.3, 0.4) is 0 Å². The zero-order valence-electron chi connectivity index (χ0n) is 6.25. The van der Waals surface area contributed by atoms with E-state index in [1.165, 1.54) is 24.3 Å². The van der Waals surface area contributed by atoms with E-state index in [-0.39, 0.29) is 11.4 Å². The molecule has 0 aliphatic heterocycles. The molecule has 1 aromatic carbocycles. The third-order valence-electron chi connectivity index (χ3n) is 1.15. The van der Waals surface area contributed by atoms with Crippen LogP contribution in [0.25, 0.3) is 4.98 Å². The standard InChI is InChI=1S/C6H4N2O4S/c7-8-5-1-3-6(4-2-5)12-13(9,10)11/h1-4H. The Hall–Kier alpha value is -1.65. The van der Waals surface area contributed by atoms with Crippen LogP contribution >= 0.6 is 0 Å². The Bertz CT molecular complexity index is 431. The van der Waals surface area contributed by atoms with Gasteiger partial charge in [0.15, 0.2) is 4.98 Å². The molecule has 0 spiro atoms. The van der Waals surface area contributed by atoms with Crippen molar-refractivity contribution in [2.75, 3.05) is 0 Å². The maximum Gasteiger partial charge on any atom is 0.385 e. The van der Waals surface area contributed by atoms with Crippen molar-refractivity contribution in [3.8, 4) is 5.75 Å². The molecule has 0 aliphatic rings. The van der Waals surface area contributed by atoms with Crippen LogP contribution in [0.15, 0.2) is 24.3 Å². The van der Waals surface area contributed by atoms with E-state index in [1.54, 1.807) is 0 Å². The lowest BCUT2D eigenvalue weighted by Gasteiger charge is -2.07. The van der Waals surface area contributed by atoms with Gasteiger partial charge in [-0.3, -0.25) is 0 Å². The van der Waals surface area contributed by atoms with Gasteiger partial charge in [0.05, 0.1) is 0 Å². The summed E-state index contributed by atoms with van der Waals surface area (Å²) in [6.45, 7) is 0. The van der Waals surface area contributed by atoms with Crippen molar-refractivity contribution in [2.24, 2.45) is 0 Å². The minimum absolute atomic E-state index is 0.123. The van der Waals surface area contributed by atoms with Crippen LogP contribution in [0, 0.1) is 5.39 Å². The molecular formula is C6H4N2O4S. The molecule has 0 N–H and O–H groups in total. The summed E-state index contributed by atoms with van der Waals surface area (Å²) in [5.74, 6) is -0.123. The number of hydrogen-bond donors (Lipinski definition) is 0. The second-order valence-corrected chi connectivity index (χ2v) is 3.07. The predicted octanol–water partition coefficient (Wildman–Crippen LogP) is 1.01. The molecule has 0 saturated carbocycles. The molecule has 0 saturated heterocycles. The normalized spacial score (nSPS) is 10.5. The first-order valence-corrected chi connectivity index (χ1v) is 4.45. The molecule has 0 aliphatic carbocycles. The molecule has 1 rings (SSSR count). The van der Waals surface area contributed by atoms with Gasteiger partial charge in [-0.15, -0.1) is 0 Å². The van der Waals surface area contributed by atoms with Crippen molar-refractivity contribution in [3.05, 3.63) is 29.2 Å². The molecule has 7 heteroatoms. The number of nitrogens with zero attached hydrogens (tertiary/aromatic N) is 2. The van der Waals surface area contributed by atoms with Crippen LogP contribution in [-0.2, 0) is 10.4 Å². The molecule has 0 radical (unpaired) electrons. The summed E-state index contributed by atoms with van der Waals surface area (Å²) in [5, 5.41) is 8.27. The maximum atomic E-state index is 10.1. The van der Waals surface area contributed by atoms with Crippen LogP contribution in [0.5, 0.6) is 5.75 Å². The van der Waals surface area contributed by atoms with Crippen LogP contribution in [0.1, 0.15) is 0 Å². The molecule has 0 unspecified atom stereocenters. The largest absolute Gasteiger partial charge is 0.716 e. The zero-order chi connectivity index (χ0) is 9.90. The Balaban J connectivity index is 2.89. The summed E-state index contributed by atoms with van der Waals surface area (Å²) in [5.41, 5.74) is 0.232. The highest BCUT2D eigenvalue weighted by atomic mass is 32.3. The second-order valence-electron chi connectivity index (χ2n) is 2.09. The summed E-state index contributed by atoms with van der Waals surface area (Å²) in [7, 11) is -4.74. The fourth-order valence-corrected chi connectivity index (χ4v) is 1.03. The molecule has 0 amide bonds. The predicted molar refractivity (Wildman–Crippen MR) is 41.5 cm³/mol. The maximum absolute atomic E-state index is 10.1. The Morgan fingerprint density at radius 2 is 1.85 bits per heavy atom. The minimum atomic E-state index is -4.74. The number of diazo groups is 1. The third-order valence-corrected chi connectivity index (χ3v) is 1.55. The lowest BCUT2D eigenvalue weighted by Crippen LogP contribution is -2.06. The first kappa shape index (κ1) is 9.44. The van der Waals surface area contributed by atoms with Gasteiger partial charge in [-0.2, -0.15) is 0 Å². The van der Waals surface area contributed by atoms with Crippen molar-refractivity contribution in [1.82, 2.24) is 0 Å². The van der Waals surface area contributed by atoms with Crippen molar-refractivity contribution in [3.63, 3.8) is 0 Å². The van der Waals surface area contributed by atoms with Crippen LogP contribution < -0.4 is 4.18 Å². The van der Waals surface area contributed by atoms with E-state index in [0.29, 0.717) is 0 Å². The van der Waals surface area contributed by atoms with E-state index in [9.17, 15) is 13.0 Å². The Kier molecular flexibility index (Phi) is 2.46. The highest BCUT2D eigenvalue weighted by molar-refractivity contribution is 7.81. The zero-order valence-corrected chi connectivity index (χ0v) is 7.06. The average molecular weight is 200 g/mol. The summed E-state index contributed by atoms with van der Waals surface area (Å²) in [4.78, 5) is 2.83. The van der Waals surface area contributed by atoms with Crippen molar-refractivity contribution in [2.45, 2.75) is 0 Å². The molecule has 1 aromatic rings. The SMILES string of the molecule is N#[N+]c1ccc(OS(=O)(=O)[O-])cc1. The van der Waals surface area contributed by atoms with Gasteiger partial charge in [0.25, 0.3) is 10.4 Å². The number of hydrogen-bond acceptors (Lipinski definition) is 5. The monoisotopic (exact) mass is 200 g/mol. The summed E-state index contributed by atoms with van der Waals surface area (Å²) >= 11 is 0. The van der Waals surface area contributed by atoms with Gasteiger partial charge >= 0.3 is 5.69 Å². The van der Waals surface area contributed by atoms with Gasteiger partial charge in [0, 0.05) is 12.1 Å². The molecule has 0 aromatic heterocycles. The Morgan fingerprint density at radius 3 is 2.23 bits per heavy atom. The molecular weight excluding hydrogens is 196 g/mol. The Morgan fingerprint density at radius 1 is 1.31 bits per heavy atom. The number of rotatable bonds is 2. The van der Waals surface area contributed by atoms with E-state index < -0.39 is 10.4 Å². The van der Waals surface area contributed by atoms with Gasteiger partial charge in [-0.05, 0) is 12.1 Å². The van der Waals surface area contributed by atoms with Gasteiger partial charge in [-0.25, -0.2) is 8.42 Å². The fraction of sp³-hybridized carbons (Fsp3) is 0. The number of benzene rings is 1. The highest BCUT2D eigenvalue weighted by Crippen LogP contribution is 2.18. The van der Waals surface area contributed by atoms with Crippen molar-refractivity contribution in [1.29, 1.82) is 5.39 Å². The first-order chi connectivity index (χ1) is 6.01. The fourth-order valence-electron chi connectivity index (χ4n) is 0.686. The van der Waals surface area contributed by atoms with Gasteiger partial charge in [0.2, 0.25) is 5.39 Å². The molecule has 0 fully saturated rings. The lowest BCUT2D eigenvalue weighted by atomic mass is 10.3. The molecule has 0 heterocycles. The van der Waals surface area contributed by atoms with E-state index in [2.05, 4.69) is 9.16 Å². The average Bonchev–Trinajstić information content (AvgIpc) is 2.03. The molecule has 6 nitrogen and oxygen atoms in total. The highest BCUT2D eigenvalue weighted by Gasteiger charge is 2.04. The van der Waals surface area contributed by atoms with E-state index >= 15 is 0 Å². The van der Waals surface area contributed by atoms with Crippen LogP contribution in [0.2, 0.25) is 0 Å². The summed E-state index contributed by atoms with van der Waals surface area (Å²) in [6.07, 6.45) is 0. The Labute approximate surface area is 74.3 Å². The van der Waals surface area contributed by atoms with Crippen molar-refractivity contribution >= 4 is 16.1 Å². The topological polar surface area (TPSA) is 94.6 Å². The van der Waals surface area contributed by atoms with Gasteiger partial charge in [0.1, 0.15) is 5.75 Å². The smallest absolute Gasteiger partial charge is 0.385 e. The third kappa shape index (κ3) is 3.06. The van der Waals surface area contributed by atoms with E-state index in [0.717, 1.165) is 0 Å². The van der Waals surface area contributed by atoms with Gasteiger partial charge < -0.3 is 8.74 Å². The molecule has 68 valence electrons. The quantitative estimate of drug-likeness (QED) is 0.403.